The van der Waals surface area contributed by atoms with Crippen LogP contribution in [-0.4, -0.2) is 52.1 Å². The Morgan fingerprint density at radius 1 is 1.00 bits per heavy atom. The molecule has 0 unspecified atom stereocenters. The monoisotopic (exact) mass is 497 g/mol. The summed E-state index contributed by atoms with van der Waals surface area (Å²) in [5.41, 5.74) is 2.78. The van der Waals surface area contributed by atoms with E-state index < -0.39 is 10.0 Å². The highest BCUT2D eigenvalue weighted by molar-refractivity contribution is 7.92. The molecule has 8 nitrogen and oxygen atoms in total. The maximum atomic E-state index is 12.9. The van der Waals surface area contributed by atoms with Crippen molar-refractivity contribution in [2.24, 2.45) is 0 Å². The van der Waals surface area contributed by atoms with Gasteiger partial charge in [-0.15, -0.1) is 0 Å². The summed E-state index contributed by atoms with van der Waals surface area (Å²) in [6, 6.07) is 15.1. The fourth-order valence-corrected chi connectivity index (χ4v) is 5.20. The van der Waals surface area contributed by atoms with Gasteiger partial charge < -0.3 is 14.5 Å². The van der Waals surface area contributed by atoms with Crippen molar-refractivity contribution in [3.63, 3.8) is 0 Å². The van der Waals surface area contributed by atoms with Crippen LogP contribution in [0.2, 0.25) is 0 Å². The summed E-state index contributed by atoms with van der Waals surface area (Å²) in [5.74, 6) is 1.33. The lowest BCUT2D eigenvalue weighted by Gasteiger charge is -2.33. The SMILES string of the molecule is Cc1ccc([C@H](CNC(=O)c2ccc(S(=O)(=O)Nc3cccc(C)c3C)cc2)N2CCOCC2)o1. The highest BCUT2D eigenvalue weighted by Gasteiger charge is 2.26. The lowest BCUT2D eigenvalue weighted by molar-refractivity contribution is 0.0117. The summed E-state index contributed by atoms with van der Waals surface area (Å²) in [4.78, 5) is 15.2. The molecule has 2 heterocycles. The highest BCUT2D eigenvalue weighted by atomic mass is 32.2. The minimum Gasteiger partial charge on any atom is -0.465 e. The van der Waals surface area contributed by atoms with E-state index in [9.17, 15) is 13.2 Å². The Bertz CT molecular complexity index is 1280. The molecule has 9 heteroatoms. The molecule has 0 bridgehead atoms. The number of carbonyl (C=O) groups is 1. The molecule has 1 aliphatic heterocycles. The molecule has 1 saturated heterocycles. The number of aryl methyl sites for hydroxylation is 2. The van der Waals surface area contributed by atoms with Crippen LogP contribution in [-0.2, 0) is 14.8 Å². The Morgan fingerprint density at radius 2 is 1.71 bits per heavy atom. The van der Waals surface area contributed by atoms with E-state index in [0.717, 1.165) is 35.7 Å². The van der Waals surface area contributed by atoms with Crippen molar-refractivity contribution in [2.75, 3.05) is 37.6 Å². The molecule has 0 aliphatic carbocycles. The average Bonchev–Trinajstić information content (AvgIpc) is 3.28. The Labute approximate surface area is 206 Å². The summed E-state index contributed by atoms with van der Waals surface area (Å²) >= 11 is 0. The predicted molar refractivity (Wildman–Crippen MR) is 134 cm³/mol. The third-order valence-corrected chi connectivity index (χ3v) is 7.69. The van der Waals surface area contributed by atoms with E-state index in [1.807, 2.05) is 45.0 Å². The number of benzene rings is 2. The number of nitrogens with one attached hydrogen (secondary N) is 2. The maximum absolute atomic E-state index is 12.9. The number of amides is 1. The summed E-state index contributed by atoms with van der Waals surface area (Å²) in [6.45, 7) is 8.82. The third-order valence-electron chi connectivity index (χ3n) is 6.31. The van der Waals surface area contributed by atoms with Crippen molar-refractivity contribution < 1.29 is 22.4 Å². The molecule has 3 aromatic rings. The second-order valence-corrected chi connectivity index (χ2v) is 10.4. The van der Waals surface area contributed by atoms with Crippen LogP contribution < -0.4 is 10.0 Å². The first-order valence-electron chi connectivity index (χ1n) is 11.6. The van der Waals surface area contributed by atoms with Crippen LogP contribution in [0.4, 0.5) is 5.69 Å². The molecule has 1 amide bonds. The van der Waals surface area contributed by atoms with Gasteiger partial charge in [0.2, 0.25) is 0 Å². The van der Waals surface area contributed by atoms with Crippen LogP contribution in [0.15, 0.2) is 63.9 Å². The van der Waals surface area contributed by atoms with E-state index in [1.165, 1.54) is 24.3 Å². The van der Waals surface area contributed by atoms with Gasteiger partial charge in [-0.3, -0.25) is 14.4 Å². The zero-order valence-corrected chi connectivity index (χ0v) is 21.0. The van der Waals surface area contributed by atoms with E-state index in [-0.39, 0.29) is 16.8 Å². The van der Waals surface area contributed by atoms with E-state index in [2.05, 4.69) is 14.9 Å². The van der Waals surface area contributed by atoms with Gasteiger partial charge in [0.1, 0.15) is 11.5 Å². The summed E-state index contributed by atoms with van der Waals surface area (Å²) < 4.78 is 39.7. The van der Waals surface area contributed by atoms with Gasteiger partial charge in [-0.2, -0.15) is 0 Å². The molecule has 1 fully saturated rings. The molecule has 0 saturated carbocycles. The Hall–Kier alpha value is -3.14. The van der Waals surface area contributed by atoms with Crippen LogP contribution in [0, 0.1) is 20.8 Å². The molecule has 1 aromatic heterocycles. The zero-order valence-electron chi connectivity index (χ0n) is 20.2. The minimum atomic E-state index is -3.78. The number of carbonyl (C=O) groups excluding carboxylic acids is 1. The summed E-state index contributed by atoms with van der Waals surface area (Å²) in [6.07, 6.45) is 0. The molecule has 1 atom stereocenters. The summed E-state index contributed by atoms with van der Waals surface area (Å²) in [7, 11) is -3.78. The lowest BCUT2D eigenvalue weighted by Crippen LogP contribution is -2.43. The molecule has 2 aromatic carbocycles. The smallest absolute Gasteiger partial charge is 0.261 e. The number of hydrogen-bond donors (Lipinski definition) is 2. The van der Waals surface area contributed by atoms with E-state index in [0.29, 0.717) is 31.0 Å². The fourth-order valence-electron chi connectivity index (χ4n) is 4.07. The van der Waals surface area contributed by atoms with Crippen LogP contribution in [0.5, 0.6) is 0 Å². The van der Waals surface area contributed by atoms with E-state index in [1.54, 1.807) is 6.07 Å². The topological polar surface area (TPSA) is 101 Å². The van der Waals surface area contributed by atoms with Crippen molar-refractivity contribution >= 4 is 21.6 Å². The number of morpholine rings is 1. The summed E-state index contributed by atoms with van der Waals surface area (Å²) in [5, 5.41) is 2.97. The van der Waals surface area contributed by atoms with Crippen molar-refractivity contribution in [1.29, 1.82) is 0 Å². The van der Waals surface area contributed by atoms with Gasteiger partial charge in [0.15, 0.2) is 0 Å². The van der Waals surface area contributed by atoms with Gasteiger partial charge in [0.25, 0.3) is 15.9 Å². The van der Waals surface area contributed by atoms with E-state index >= 15 is 0 Å². The Kier molecular flexibility index (Phi) is 7.59. The third kappa shape index (κ3) is 5.93. The molecular formula is C26H31N3O5S. The van der Waals surface area contributed by atoms with Gasteiger partial charge in [-0.1, -0.05) is 12.1 Å². The molecule has 0 radical (unpaired) electrons. The Balaban J connectivity index is 1.43. The van der Waals surface area contributed by atoms with Gasteiger partial charge in [-0.25, -0.2) is 8.42 Å². The second-order valence-electron chi connectivity index (χ2n) is 8.70. The van der Waals surface area contributed by atoms with Crippen molar-refractivity contribution in [1.82, 2.24) is 10.2 Å². The molecule has 35 heavy (non-hydrogen) atoms. The van der Waals surface area contributed by atoms with E-state index in [4.69, 9.17) is 9.15 Å². The maximum Gasteiger partial charge on any atom is 0.261 e. The Morgan fingerprint density at radius 3 is 2.37 bits per heavy atom. The van der Waals surface area contributed by atoms with Gasteiger partial charge in [0.05, 0.1) is 29.8 Å². The normalized spacial score (nSPS) is 15.5. The average molecular weight is 498 g/mol. The van der Waals surface area contributed by atoms with Crippen LogP contribution >= 0.6 is 0 Å². The molecule has 186 valence electrons. The van der Waals surface area contributed by atoms with Crippen LogP contribution in [0.3, 0.4) is 0 Å². The number of anilines is 1. The number of sulfonamides is 1. The quantitative estimate of drug-likeness (QED) is 0.491. The molecule has 1 aliphatic rings. The van der Waals surface area contributed by atoms with Gasteiger partial charge in [0, 0.05) is 25.2 Å². The number of rotatable bonds is 8. The first-order chi connectivity index (χ1) is 16.7. The molecular weight excluding hydrogens is 466 g/mol. The first kappa shape index (κ1) is 25.0. The number of furan rings is 1. The zero-order chi connectivity index (χ0) is 25.0. The highest BCUT2D eigenvalue weighted by Crippen LogP contribution is 2.24. The van der Waals surface area contributed by atoms with Crippen molar-refractivity contribution in [3.05, 3.63) is 82.8 Å². The molecule has 4 rings (SSSR count). The number of ether oxygens (including phenoxy) is 1. The van der Waals surface area contributed by atoms with Crippen LogP contribution in [0.1, 0.15) is 39.0 Å². The number of hydrogen-bond acceptors (Lipinski definition) is 6. The predicted octanol–water partition coefficient (Wildman–Crippen LogP) is 3.81. The second kappa shape index (κ2) is 10.6. The van der Waals surface area contributed by atoms with Crippen molar-refractivity contribution in [3.8, 4) is 0 Å². The molecule has 0 spiro atoms. The van der Waals surface area contributed by atoms with Crippen molar-refractivity contribution in [2.45, 2.75) is 31.7 Å². The minimum absolute atomic E-state index is 0.0900. The first-order valence-corrected chi connectivity index (χ1v) is 13.1. The number of nitrogens with zero attached hydrogens (tertiary/aromatic N) is 1. The van der Waals surface area contributed by atoms with Gasteiger partial charge >= 0.3 is 0 Å². The van der Waals surface area contributed by atoms with Gasteiger partial charge in [-0.05, 0) is 74.4 Å². The fraction of sp³-hybridized carbons (Fsp3) is 0.346. The largest absolute Gasteiger partial charge is 0.465 e. The standard InChI is InChI=1S/C26H31N3O5S/c1-18-5-4-6-23(20(18)3)28-35(31,32)22-10-8-21(9-11-22)26(30)27-17-24(25-12-7-19(2)34-25)29-13-15-33-16-14-29/h4-12,24,28H,13-17H2,1-3H3,(H,27,30)/t24-/m0/s1. The van der Waals surface area contributed by atoms with Crippen LogP contribution in [0.25, 0.3) is 0 Å². The molecule has 2 N–H and O–H groups in total. The lowest BCUT2D eigenvalue weighted by atomic mass is 10.1.